The topological polar surface area (TPSA) is 46.9 Å². The Hall–Kier alpha value is -1.82. The molecule has 3 fully saturated rings. The first kappa shape index (κ1) is 22.6. The molecule has 178 valence electrons. The van der Waals surface area contributed by atoms with Crippen LogP contribution in [0, 0.1) is 30.1 Å². The highest BCUT2D eigenvalue weighted by molar-refractivity contribution is 7.12. The Bertz CT molecular complexity index is 1310. The Kier molecular flexibility index (Phi) is 5.40. The van der Waals surface area contributed by atoms with Crippen LogP contribution in [0.4, 0.5) is 0 Å². The monoisotopic (exact) mass is 513 g/mol. The second-order valence-electron chi connectivity index (χ2n) is 10.8. The van der Waals surface area contributed by atoms with Crippen LogP contribution < -0.4 is 5.32 Å². The maximum absolute atomic E-state index is 13.5. The van der Waals surface area contributed by atoms with E-state index in [4.69, 9.17) is 28.3 Å². The summed E-state index contributed by atoms with van der Waals surface area (Å²) < 4.78 is 1.85. The lowest BCUT2D eigenvalue weighted by Gasteiger charge is -2.60. The molecule has 2 heterocycles. The van der Waals surface area contributed by atoms with Crippen molar-refractivity contribution in [1.29, 1.82) is 0 Å². The number of hydrogen-bond donors (Lipinski definition) is 1. The molecule has 0 radical (unpaired) electrons. The quantitative estimate of drug-likeness (QED) is 0.403. The summed E-state index contributed by atoms with van der Waals surface area (Å²) in [6, 6.07) is 7.63. The second-order valence-corrected chi connectivity index (χ2v) is 13.0. The molecule has 4 nitrogen and oxygen atoms in total. The van der Waals surface area contributed by atoms with Crippen molar-refractivity contribution in [3.8, 4) is 16.9 Å². The molecule has 7 rings (SSSR count). The summed E-state index contributed by atoms with van der Waals surface area (Å²) in [6.07, 6.45) is 5.54. The molecule has 0 saturated heterocycles. The fraction of sp³-hybridized carbons (Fsp3) is 0.481. The van der Waals surface area contributed by atoms with Crippen LogP contribution in [0.1, 0.15) is 58.9 Å². The van der Waals surface area contributed by atoms with Crippen molar-refractivity contribution in [2.75, 3.05) is 6.54 Å². The van der Waals surface area contributed by atoms with E-state index in [0.717, 1.165) is 47.8 Å². The Balaban J connectivity index is 1.36. The van der Waals surface area contributed by atoms with Crippen LogP contribution in [0.2, 0.25) is 10.0 Å². The molecule has 7 heteroatoms. The molecular weight excluding hydrogens is 485 g/mol. The number of aryl methyl sites for hydroxylation is 2. The van der Waals surface area contributed by atoms with Crippen molar-refractivity contribution >= 4 is 40.4 Å². The molecule has 34 heavy (non-hydrogen) atoms. The highest BCUT2D eigenvalue weighted by atomic mass is 35.5. The van der Waals surface area contributed by atoms with Gasteiger partial charge in [0.15, 0.2) is 5.69 Å². The predicted molar refractivity (Wildman–Crippen MR) is 139 cm³/mol. The summed E-state index contributed by atoms with van der Waals surface area (Å²) in [5.41, 5.74) is 4.84. The number of nitrogens with zero attached hydrogens (tertiary/aromatic N) is 2. The summed E-state index contributed by atoms with van der Waals surface area (Å²) in [4.78, 5) is 16.1. The lowest BCUT2D eigenvalue weighted by atomic mass is 9.45. The first-order chi connectivity index (χ1) is 16.2. The predicted octanol–water partition coefficient (Wildman–Crippen LogP) is 7.12. The third kappa shape index (κ3) is 3.46. The van der Waals surface area contributed by atoms with Gasteiger partial charge in [-0.05, 0) is 86.5 Å². The zero-order valence-electron chi connectivity index (χ0n) is 19.8. The molecule has 2 aromatic heterocycles. The molecule has 4 aliphatic rings. The van der Waals surface area contributed by atoms with Crippen LogP contribution in [-0.2, 0) is 12.8 Å². The van der Waals surface area contributed by atoms with Crippen molar-refractivity contribution < 1.29 is 4.79 Å². The van der Waals surface area contributed by atoms with Gasteiger partial charge in [0.1, 0.15) is 0 Å². The highest BCUT2D eigenvalue weighted by Gasteiger charge is 2.54. The smallest absolute Gasteiger partial charge is 0.272 e. The van der Waals surface area contributed by atoms with Crippen molar-refractivity contribution in [1.82, 2.24) is 15.1 Å². The molecule has 1 N–H and O–H groups in total. The summed E-state index contributed by atoms with van der Waals surface area (Å²) in [7, 11) is 0. The van der Waals surface area contributed by atoms with Crippen LogP contribution in [-0.4, -0.2) is 22.2 Å². The average Bonchev–Trinajstić information content (AvgIpc) is 3.37. The molecule has 0 aliphatic heterocycles. The van der Waals surface area contributed by atoms with E-state index in [9.17, 15) is 4.79 Å². The molecule has 1 amide bonds. The van der Waals surface area contributed by atoms with E-state index in [1.165, 1.54) is 29.0 Å². The first-order valence-electron chi connectivity index (χ1n) is 12.2. The van der Waals surface area contributed by atoms with Gasteiger partial charge in [-0.15, -0.1) is 11.3 Å². The molecule has 3 saturated carbocycles. The molecule has 3 aromatic rings. The zero-order valence-corrected chi connectivity index (χ0v) is 22.1. The van der Waals surface area contributed by atoms with Crippen LogP contribution in [0.25, 0.3) is 16.9 Å². The van der Waals surface area contributed by atoms with Crippen molar-refractivity contribution in [2.45, 2.75) is 52.9 Å². The highest BCUT2D eigenvalue weighted by Crippen LogP contribution is 2.61. The number of carbonyl (C=O) groups is 1. The Morgan fingerprint density at radius 1 is 1.24 bits per heavy atom. The van der Waals surface area contributed by atoms with E-state index in [1.54, 1.807) is 6.07 Å². The Morgan fingerprint density at radius 2 is 2.06 bits per heavy atom. The van der Waals surface area contributed by atoms with Gasteiger partial charge in [0.25, 0.3) is 5.91 Å². The summed E-state index contributed by atoms with van der Waals surface area (Å²) in [5, 5.41) is 9.23. The van der Waals surface area contributed by atoms with E-state index in [2.05, 4.69) is 32.2 Å². The molecule has 1 aromatic carbocycles. The van der Waals surface area contributed by atoms with Crippen LogP contribution in [0.15, 0.2) is 24.3 Å². The third-order valence-electron chi connectivity index (χ3n) is 8.65. The van der Waals surface area contributed by atoms with E-state index >= 15 is 0 Å². The number of fused-ring (bicyclic) bond motifs is 5. The minimum absolute atomic E-state index is 0.0743. The number of nitrogens with one attached hydrogen (secondary N) is 1. The fourth-order valence-electron chi connectivity index (χ4n) is 6.68. The van der Waals surface area contributed by atoms with Gasteiger partial charge in [-0.1, -0.05) is 37.0 Å². The fourth-order valence-corrected chi connectivity index (χ4v) is 8.20. The first-order valence-corrected chi connectivity index (χ1v) is 13.8. The SMILES string of the molecule is Cc1cc2c(s1)CCc1c(C(=O)NCC3CCC4CC3C4(C)C)nn(-c3ccc(Cl)cc3Cl)c1-2. The summed E-state index contributed by atoms with van der Waals surface area (Å²) in [6.45, 7) is 7.65. The summed E-state index contributed by atoms with van der Waals surface area (Å²) in [5.74, 6) is 2.05. The number of amides is 1. The number of hydrogen-bond acceptors (Lipinski definition) is 3. The number of aromatic nitrogens is 2. The van der Waals surface area contributed by atoms with Gasteiger partial charge in [0, 0.05) is 32.4 Å². The van der Waals surface area contributed by atoms with E-state index in [-0.39, 0.29) is 5.91 Å². The number of thiophene rings is 1. The largest absolute Gasteiger partial charge is 0.350 e. The van der Waals surface area contributed by atoms with E-state index in [1.807, 2.05) is 28.2 Å². The van der Waals surface area contributed by atoms with Crippen molar-refractivity contribution in [3.63, 3.8) is 0 Å². The van der Waals surface area contributed by atoms with Crippen molar-refractivity contribution in [3.05, 3.63) is 55.3 Å². The second kappa shape index (κ2) is 8.11. The molecule has 0 spiro atoms. The Labute approximate surface area is 214 Å². The lowest BCUT2D eigenvalue weighted by molar-refractivity contribution is -0.103. The van der Waals surface area contributed by atoms with Gasteiger partial charge in [0.05, 0.1) is 16.4 Å². The third-order valence-corrected chi connectivity index (χ3v) is 10.3. The zero-order chi connectivity index (χ0) is 23.8. The van der Waals surface area contributed by atoms with Crippen LogP contribution in [0.3, 0.4) is 0 Å². The normalized spacial score (nSPS) is 24.2. The number of benzene rings is 1. The standard InChI is InChI=1S/C27H29Cl2N3OS/c1-14-10-19-23(34-14)9-7-18-24(31-32(25(18)19)22-8-6-17(28)12-21(22)29)26(33)30-13-15-4-5-16-11-20(15)27(16,2)3/h6,8,10,12,15-16,20H,4-5,7,9,11,13H2,1-3H3,(H,30,33). The van der Waals surface area contributed by atoms with Gasteiger partial charge in [0.2, 0.25) is 0 Å². The molecular formula is C27H29Cl2N3OS. The lowest BCUT2D eigenvalue weighted by Crippen LogP contribution is -2.54. The summed E-state index contributed by atoms with van der Waals surface area (Å²) >= 11 is 14.6. The molecule has 3 unspecified atom stereocenters. The van der Waals surface area contributed by atoms with Gasteiger partial charge >= 0.3 is 0 Å². The van der Waals surface area contributed by atoms with E-state index < -0.39 is 0 Å². The number of rotatable bonds is 4. The van der Waals surface area contributed by atoms with Crippen LogP contribution >= 0.6 is 34.5 Å². The van der Waals surface area contributed by atoms with Crippen molar-refractivity contribution in [2.24, 2.45) is 23.2 Å². The number of carbonyl (C=O) groups excluding carboxylic acids is 1. The average molecular weight is 515 g/mol. The number of halogens is 2. The minimum atomic E-state index is -0.0743. The van der Waals surface area contributed by atoms with Gasteiger partial charge in [-0.2, -0.15) is 5.10 Å². The molecule has 2 bridgehead atoms. The Morgan fingerprint density at radius 3 is 2.79 bits per heavy atom. The molecule has 3 atom stereocenters. The van der Waals surface area contributed by atoms with Gasteiger partial charge in [-0.3, -0.25) is 4.79 Å². The maximum Gasteiger partial charge on any atom is 0.272 e. The van der Waals surface area contributed by atoms with Gasteiger partial charge in [-0.25, -0.2) is 4.68 Å². The van der Waals surface area contributed by atoms with Gasteiger partial charge < -0.3 is 5.32 Å². The maximum atomic E-state index is 13.5. The molecule has 4 aliphatic carbocycles. The minimum Gasteiger partial charge on any atom is -0.350 e. The van der Waals surface area contributed by atoms with E-state index in [0.29, 0.717) is 33.0 Å². The van der Waals surface area contributed by atoms with Crippen LogP contribution in [0.5, 0.6) is 0 Å².